The second-order valence-corrected chi connectivity index (χ2v) is 3.97. The summed E-state index contributed by atoms with van der Waals surface area (Å²) in [6.45, 7) is 3.57. The van der Waals surface area contributed by atoms with Crippen LogP contribution in [0.2, 0.25) is 0 Å². The number of carbonyl (C=O) groups excluding carboxylic acids is 2. The van der Waals surface area contributed by atoms with E-state index in [0.717, 1.165) is 0 Å². The molecule has 1 rings (SSSR count). The first-order valence-electron chi connectivity index (χ1n) is 5.87. The average molecular weight is 263 g/mol. The summed E-state index contributed by atoms with van der Waals surface area (Å²) >= 11 is 0. The lowest BCUT2D eigenvalue weighted by atomic mass is 10.1. The molecule has 0 spiro atoms. The summed E-state index contributed by atoms with van der Waals surface area (Å²) in [6, 6.07) is 5.18. The van der Waals surface area contributed by atoms with Gasteiger partial charge in [-0.1, -0.05) is 12.1 Å². The van der Waals surface area contributed by atoms with E-state index in [9.17, 15) is 14.7 Å². The number of hydrogen-bond acceptors (Lipinski definition) is 4. The van der Waals surface area contributed by atoms with Gasteiger partial charge in [-0.25, -0.2) is 4.79 Å². The maximum Gasteiger partial charge on any atom is 0.328 e. The summed E-state index contributed by atoms with van der Waals surface area (Å²) in [4.78, 5) is 23.5. The fourth-order valence-electron chi connectivity index (χ4n) is 1.56. The van der Waals surface area contributed by atoms with Crippen LogP contribution in [0.1, 0.15) is 23.2 Å². The molecule has 0 aliphatic heterocycles. The standard InChI is InChI=1S/C14H17NO4/c1-3-4-8-12(14(18)19-2)15-13(17)10-6-5-7-11(16)9-10/h3,5-7,9,12,16H,1,4,8H2,2H3,(H,15,17)/t12-/m1/s1. The first-order valence-corrected chi connectivity index (χ1v) is 5.87. The number of amides is 1. The van der Waals surface area contributed by atoms with Crippen LogP contribution in [0, 0.1) is 0 Å². The third-order valence-corrected chi connectivity index (χ3v) is 2.56. The second kappa shape index (κ2) is 7.20. The van der Waals surface area contributed by atoms with E-state index in [4.69, 9.17) is 0 Å². The number of aromatic hydroxyl groups is 1. The summed E-state index contributed by atoms with van der Waals surface area (Å²) in [5.74, 6) is -0.945. The number of esters is 1. The highest BCUT2D eigenvalue weighted by Gasteiger charge is 2.21. The SMILES string of the molecule is C=CCC[C@@H](NC(=O)c1cccc(O)c1)C(=O)OC. The van der Waals surface area contributed by atoms with Gasteiger partial charge < -0.3 is 15.2 Å². The Kier molecular flexibility index (Phi) is 5.60. The third-order valence-electron chi connectivity index (χ3n) is 2.56. The number of phenolic OH excluding ortho intramolecular Hbond substituents is 1. The van der Waals surface area contributed by atoms with Crippen molar-refractivity contribution in [2.24, 2.45) is 0 Å². The van der Waals surface area contributed by atoms with Crippen molar-refractivity contribution < 1.29 is 19.4 Å². The van der Waals surface area contributed by atoms with Crippen LogP contribution in [0.5, 0.6) is 5.75 Å². The largest absolute Gasteiger partial charge is 0.508 e. The van der Waals surface area contributed by atoms with E-state index < -0.39 is 17.9 Å². The number of ether oxygens (including phenoxy) is 1. The molecular formula is C14H17NO4. The highest BCUT2D eigenvalue weighted by Crippen LogP contribution is 2.11. The Morgan fingerprint density at radius 2 is 2.26 bits per heavy atom. The molecule has 0 heterocycles. The number of nitrogens with one attached hydrogen (secondary N) is 1. The molecule has 19 heavy (non-hydrogen) atoms. The van der Waals surface area contributed by atoms with Crippen molar-refractivity contribution in [1.29, 1.82) is 0 Å². The van der Waals surface area contributed by atoms with E-state index in [-0.39, 0.29) is 11.3 Å². The molecular weight excluding hydrogens is 246 g/mol. The monoisotopic (exact) mass is 263 g/mol. The van der Waals surface area contributed by atoms with Crippen molar-refractivity contribution in [1.82, 2.24) is 5.32 Å². The molecule has 0 aliphatic carbocycles. The van der Waals surface area contributed by atoms with E-state index >= 15 is 0 Å². The smallest absolute Gasteiger partial charge is 0.328 e. The summed E-state index contributed by atoms with van der Waals surface area (Å²) in [7, 11) is 1.27. The Balaban J connectivity index is 2.75. The first kappa shape index (κ1) is 14.8. The lowest BCUT2D eigenvalue weighted by Crippen LogP contribution is -2.41. The van der Waals surface area contributed by atoms with Crippen molar-refractivity contribution in [3.05, 3.63) is 42.5 Å². The summed E-state index contributed by atoms with van der Waals surface area (Å²) in [6.07, 6.45) is 2.66. The predicted octanol–water partition coefficient (Wildman–Crippen LogP) is 1.63. The quantitative estimate of drug-likeness (QED) is 0.604. The van der Waals surface area contributed by atoms with Crippen molar-refractivity contribution >= 4 is 11.9 Å². The zero-order valence-electron chi connectivity index (χ0n) is 10.8. The van der Waals surface area contributed by atoms with E-state index in [1.807, 2.05) is 0 Å². The minimum Gasteiger partial charge on any atom is -0.508 e. The molecule has 0 aliphatic rings. The topological polar surface area (TPSA) is 75.6 Å². The van der Waals surface area contributed by atoms with Crippen molar-refractivity contribution in [3.63, 3.8) is 0 Å². The maximum absolute atomic E-state index is 11.9. The van der Waals surface area contributed by atoms with Crippen LogP contribution in [-0.2, 0) is 9.53 Å². The average Bonchev–Trinajstić information content (AvgIpc) is 2.42. The molecule has 1 atom stereocenters. The lowest BCUT2D eigenvalue weighted by molar-refractivity contribution is -0.143. The minimum atomic E-state index is -0.724. The molecule has 0 aromatic heterocycles. The van der Waals surface area contributed by atoms with Gasteiger partial charge in [0.05, 0.1) is 7.11 Å². The van der Waals surface area contributed by atoms with E-state index in [0.29, 0.717) is 12.8 Å². The van der Waals surface area contributed by atoms with Gasteiger partial charge in [0, 0.05) is 5.56 Å². The highest BCUT2D eigenvalue weighted by molar-refractivity contribution is 5.97. The second-order valence-electron chi connectivity index (χ2n) is 3.97. The first-order chi connectivity index (χ1) is 9.08. The molecule has 0 bridgehead atoms. The third kappa shape index (κ3) is 4.46. The molecule has 0 fully saturated rings. The molecule has 5 nitrogen and oxygen atoms in total. The molecule has 5 heteroatoms. The van der Waals surface area contributed by atoms with Crippen molar-refractivity contribution in [2.75, 3.05) is 7.11 Å². The number of carbonyl (C=O) groups is 2. The molecule has 1 aromatic carbocycles. The Labute approximate surface area is 111 Å². The Bertz CT molecular complexity index is 470. The van der Waals surface area contributed by atoms with Gasteiger partial charge in [-0.15, -0.1) is 6.58 Å². The van der Waals surface area contributed by atoms with Crippen molar-refractivity contribution in [2.45, 2.75) is 18.9 Å². The van der Waals surface area contributed by atoms with Crippen LogP contribution in [0.3, 0.4) is 0 Å². The van der Waals surface area contributed by atoms with Gasteiger partial charge in [0.2, 0.25) is 0 Å². The molecule has 0 saturated heterocycles. The van der Waals surface area contributed by atoms with Gasteiger partial charge in [-0.3, -0.25) is 4.79 Å². The maximum atomic E-state index is 11.9. The zero-order valence-corrected chi connectivity index (χ0v) is 10.8. The van der Waals surface area contributed by atoms with Crippen LogP contribution in [0.25, 0.3) is 0 Å². The van der Waals surface area contributed by atoms with Gasteiger partial charge in [-0.2, -0.15) is 0 Å². The predicted molar refractivity (Wildman–Crippen MR) is 70.8 cm³/mol. The van der Waals surface area contributed by atoms with E-state index in [1.54, 1.807) is 18.2 Å². The highest BCUT2D eigenvalue weighted by atomic mass is 16.5. The Hall–Kier alpha value is -2.30. The summed E-state index contributed by atoms with van der Waals surface area (Å²) in [5, 5.41) is 11.9. The number of phenols is 1. The molecule has 0 saturated carbocycles. The Morgan fingerprint density at radius 3 is 2.84 bits per heavy atom. The minimum absolute atomic E-state index is 0.00615. The summed E-state index contributed by atoms with van der Waals surface area (Å²) in [5.41, 5.74) is 0.285. The van der Waals surface area contributed by atoms with Crippen LogP contribution < -0.4 is 5.32 Å². The van der Waals surface area contributed by atoms with Gasteiger partial charge in [0.1, 0.15) is 11.8 Å². The molecule has 1 amide bonds. The van der Waals surface area contributed by atoms with Crippen molar-refractivity contribution in [3.8, 4) is 5.75 Å². The van der Waals surface area contributed by atoms with Gasteiger partial charge in [-0.05, 0) is 31.0 Å². The van der Waals surface area contributed by atoms with E-state index in [1.165, 1.54) is 19.2 Å². The lowest BCUT2D eigenvalue weighted by Gasteiger charge is -2.15. The molecule has 102 valence electrons. The van der Waals surface area contributed by atoms with Crippen LogP contribution in [-0.4, -0.2) is 30.1 Å². The molecule has 0 radical (unpaired) electrons. The molecule has 0 unspecified atom stereocenters. The van der Waals surface area contributed by atoms with Gasteiger partial charge >= 0.3 is 5.97 Å². The molecule has 2 N–H and O–H groups in total. The molecule has 1 aromatic rings. The number of methoxy groups -OCH3 is 1. The fraction of sp³-hybridized carbons (Fsp3) is 0.286. The number of rotatable bonds is 6. The number of allylic oxidation sites excluding steroid dienone is 1. The number of hydrogen-bond donors (Lipinski definition) is 2. The normalized spacial score (nSPS) is 11.4. The van der Waals surface area contributed by atoms with Crippen LogP contribution in [0.15, 0.2) is 36.9 Å². The van der Waals surface area contributed by atoms with Crippen LogP contribution >= 0.6 is 0 Å². The Morgan fingerprint density at radius 1 is 1.53 bits per heavy atom. The summed E-state index contributed by atoms with van der Waals surface area (Å²) < 4.78 is 4.63. The van der Waals surface area contributed by atoms with Gasteiger partial charge in [0.25, 0.3) is 5.91 Å². The fourth-order valence-corrected chi connectivity index (χ4v) is 1.56. The van der Waals surface area contributed by atoms with Gasteiger partial charge in [0.15, 0.2) is 0 Å². The number of benzene rings is 1. The zero-order chi connectivity index (χ0) is 14.3. The van der Waals surface area contributed by atoms with E-state index in [2.05, 4.69) is 16.6 Å². The van der Waals surface area contributed by atoms with Crippen LogP contribution in [0.4, 0.5) is 0 Å².